The van der Waals surface area contributed by atoms with E-state index in [2.05, 4.69) is 13.8 Å². The third-order valence-corrected chi connectivity index (χ3v) is 3.31. The largest absolute Gasteiger partial charge is 0.476 e. The van der Waals surface area contributed by atoms with Gasteiger partial charge in [0.05, 0.1) is 6.26 Å². The standard InChI is InChI=1S/C18H36O4/c1-4-6-8-10-15-21-18(13-12-14-20-17-19-3)22-16-11-9-7-5-2/h12,14,18H,4-11,13,15-17H2,1-3H3. The Hall–Kier alpha value is -0.580. The maximum Gasteiger partial charge on any atom is 0.187 e. The summed E-state index contributed by atoms with van der Waals surface area (Å²) in [5, 5.41) is 0. The lowest BCUT2D eigenvalue weighted by Crippen LogP contribution is -2.18. The highest BCUT2D eigenvalue weighted by molar-refractivity contribution is 4.75. The van der Waals surface area contributed by atoms with Crippen molar-refractivity contribution in [1.82, 2.24) is 0 Å². The van der Waals surface area contributed by atoms with E-state index in [9.17, 15) is 0 Å². The number of ether oxygens (including phenoxy) is 4. The van der Waals surface area contributed by atoms with E-state index in [4.69, 9.17) is 18.9 Å². The molecule has 0 fully saturated rings. The number of unbranched alkanes of at least 4 members (excludes halogenated alkanes) is 6. The molecule has 0 unspecified atom stereocenters. The van der Waals surface area contributed by atoms with Crippen molar-refractivity contribution in [2.24, 2.45) is 0 Å². The topological polar surface area (TPSA) is 36.9 Å². The van der Waals surface area contributed by atoms with Crippen molar-refractivity contribution < 1.29 is 18.9 Å². The number of rotatable bonds is 17. The van der Waals surface area contributed by atoms with Gasteiger partial charge in [0.15, 0.2) is 13.1 Å². The van der Waals surface area contributed by atoms with Gasteiger partial charge in [0.1, 0.15) is 0 Å². The van der Waals surface area contributed by atoms with Crippen LogP contribution in [-0.2, 0) is 18.9 Å². The Morgan fingerprint density at radius 3 is 1.91 bits per heavy atom. The molecule has 0 atom stereocenters. The summed E-state index contributed by atoms with van der Waals surface area (Å²) in [6.45, 7) is 6.25. The summed E-state index contributed by atoms with van der Waals surface area (Å²) in [5.74, 6) is 0. The minimum atomic E-state index is -0.161. The highest BCUT2D eigenvalue weighted by atomic mass is 16.7. The molecule has 0 saturated heterocycles. The molecule has 132 valence electrons. The second-order valence-corrected chi connectivity index (χ2v) is 5.47. The number of methoxy groups -OCH3 is 1. The Bertz CT molecular complexity index is 217. The van der Waals surface area contributed by atoms with Gasteiger partial charge >= 0.3 is 0 Å². The molecule has 0 aromatic heterocycles. The van der Waals surface area contributed by atoms with E-state index in [-0.39, 0.29) is 13.1 Å². The summed E-state index contributed by atoms with van der Waals surface area (Å²) >= 11 is 0. The second-order valence-electron chi connectivity index (χ2n) is 5.47. The quantitative estimate of drug-likeness (QED) is 0.214. The van der Waals surface area contributed by atoms with Crippen molar-refractivity contribution in [3.63, 3.8) is 0 Å². The predicted octanol–water partition coefficient (Wildman–Crippen LogP) is 5.03. The molecular formula is C18H36O4. The molecule has 0 heterocycles. The van der Waals surface area contributed by atoms with Crippen LogP contribution in [0.5, 0.6) is 0 Å². The van der Waals surface area contributed by atoms with Gasteiger partial charge < -0.3 is 18.9 Å². The molecule has 0 aliphatic heterocycles. The molecule has 22 heavy (non-hydrogen) atoms. The van der Waals surface area contributed by atoms with Crippen LogP contribution in [0.2, 0.25) is 0 Å². The summed E-state index contributed by atoms with van der Waals surface area (Å²) in [4.78, 5) is 0. The van der Waals surface area contributed by atoms with Crippen LogP contribution in [0.1, 0.15) is 71.6 Å². The van der Waals surface area contributed by atoms with Gasteiger partial charge in [-0.25, -0.2) is 0 Å². The van der Waals surface area contributed by atoms with Crippen molar-refractivity contribution in [2.45, 2.75) is 77.9 Å². The first kappa shape index (κ1) is 21.4. The van der Waals surface area contributed by atoms with Gasteiger partial charge in [-0.2, -0.15) is 0 Å². The molecule has 0 amide bonds. The summed E-state index contributed by atoms with van der Waals surface area (Å²) in [6.07, 6.45) is 13.8. The molecule has 0 spiro atoms. The Kier molecular flexibility index (Phi) is 18.0. The van der Waals surface area contributed by atoms with E-state index >= 15 is 0 Å². The Labute approximate surface area is 137 Å². The van der Waals surface area contributed by atoms with Crippen molar-refractivity contribution in [3.05, 3.63) is 12.3 Å². The molecule has 0 N–H and O–H groups in total. The minimum absolute atomic E-state index is 0.161. The molecule has 0 aliphatic carbocycles. The first-order valence-electron chi connectivity index (χ1n) is 8.83. The molecule has 4 heteroatoms. The van der Waals surface area contributed by atoms with Crippen molar-refractivity contribution in [3.8, 4) is 0 Å². The van der Waals surface area contributed by atoms with Crippen LogP contribution in [0, 0.1) is 0 Å². The van der Waals surface area contributed by atoms with E-state index in [0.29, 0.717) is 6.42 Å². The third kappa shape index (κ3) is 15.8. The van der Waals surface area contributed by atoms with Crippen LogP contribution in [0.15, 0.2) is 12.3 Å². The predicted molar refractivity (Wildman–Crippen MR) is 90.7 cm³/mol. The average molecular weight is 316 g/mol. The van der Waals surface area contributed by atoms with Crippen molar-refractivity contribution in [1.29, 1.82) is 0 Å². The maximum absolute atomic E-state index is 5.84. The van der Waals surface area contributed by atoms with Gasteiger partial charge in [0.25, 0.3) is 0 Å². The lowest BCUT2D eigenvalue weighted by Gasteiger charge is -2.17. The molecule has 0 aromatic rings. The van der Waals surface area contributed by atoms with Gasteiger partial charge in [-0.1, -0.05) is 52.4 Å². The highest BCUT2D eigenvalue weighted by Crippen LogP contribution is 2.08. The number of hydrogen-bond acceptors (Lipinski definition) is 4. The molecular weight excluding hydrogens is 280 g/mol. The fourth-order valence-electron chi connectivity index (χ4n) is 2.01. The summed E-state index contributed by atoms with van der Waals surface area (Å²) in [6, 6.07) is 0. The van der Waals surface area contributed by atoms with E-state index in [0.717, 1.165) is 26.1 Å². The third-order valence-electron chi connectivity index (χ3n) is 3.31. The van der Waals surface area contributed by atoms with Gasteiger partial charge in [-0.15, -0.1) is 0 Å². The molecule has 4 nitrogen and oxygen atoms in total. The molecule has 0 radical (unpaired) electrons. The highest BCUT2D eigenvalue weighted by Gasteiger charge is 2.07. The molecule has 0 rings (SSSR count). The molecule has 0 bridgehead atoms. The zero-order valence-electron chi connectivity index (χ0n) is 14.9. The van der Waals surface area contributed by atoms with Crippen LogP contribution in [0.3, 0.4) is 0 Å². The van der Waals surface area contributed by atoms with E-state index < -0.39 is 0 Å². The van der Waals surface area contributed by atoms with Crippen LogP contribution < -0.4 is 0 Å². The van der Waals surface area contributed by atoms with Crippen LogP contribution in [0.4, 0.5) is 0 Å². The SMILES string of the molecule is CCCCCCOC(CC=COCOC)OCCCCCC. The number of hydrogen-bond donors (Lipinski definition) is 0. The zero-order chi connectivity index (χ0) is 16.3. The van der Waals surface area contributed by atoms with Gasteiger partial charge in [-0.3, -0.25) is 0 Å². The van der Waals surface area contributed by atoms with E-state index in [1.54, 1.807) is 13.4 Å². The Balaban J connectivity index is 3.83. The fraction of sp³-hybridized carbons (Fsp3) is 0.889. The summed E-state index contributed by atoms with van der Waals surface area (Å²) in [7, 11) is 1.61. The summed E-state index contributed by atoms with van der Waals surface area (Å²) < 4.78 is 21.6. The Morgan fingerprint density at radius 2 is 1.41 bits per heavy atom. The monoisotopic (exact) mass is 316 g/mol. The fourth-order valence-corrected chi connectivity index (χ4v) is 2.01. The van der Waals surface area contributed by atoms with Gasteiger partial charge in [0.2, 0.25) is 0 Å². The van der Waals surface area contributed by atoms with Gasteiger partial charge in [-0.05, 0) is 18.9 Å². The van der Waals surface area contributed by atoms with Crippen LogP contribution in [0.25, 0.3) is 0 Å². The molecule has 0 aromatic carbocycles. The van der Waals surface area contributed by atoms with Crippen LogP contribution >= 0.6 is 0 Å². The zero-order valence-corrected chi connectivity index (χ0v) is 14.9. The minimum Gasteiger partial charge on any atom is -0.476 e. The summed E-state index contributed by atoms with van der Waals surface area (Å²) in [5.41, 5.74) is 0. The normalized spacial score (nSPS) is 11.6. The van der Waals surface area contributed by atoms with E-state index in [1.807, 2.05) is 6.08 Å². The van der Waals surface area contributed by atoms with Crippen molar-refractivity contribution in [2.75, 3.05) is 27.1 Å². The Morgan fingerprint density at radius 1 is 0.818 bits per heavy atom. The van der Waals surface area contributed by atoms with Gasteiger partial charge in [0, 0.05) is 26.7 Å². The van der Waals surface area contributed by atoms with Crippen molar-refractivity contribution >= 4 is 0 Å². The molecule has 0 saturated carbocycles. The lowest BCUT2D eigenvalue weighted by atomic mass is 10.2. The first-order valence-corrected chi connectivity index (χ1v) is 8.83. The first-order chi connectivity index (χ1) is 10.8. The molecule has 0 aliphatic rings. The van der Waals surface area contributed by atoms with Crippen LogP contribution in [-0.4, -0.2) is 33.4 Å². The lowest BCUT2D eigenvalue weighted by molar-refractivity contribution is -0.141. The smallest absolute Gasteiger partial charge is 0.187 e. The van der Waals surface area contributed by atoms with E-state index in [1.165, 1.54) is 38.5 Å². The second kappa shape index (κ2) is 18.5. The maximum atomic E-state index is 5.84. The average Bonchev–Trinajstić information content (AvgIpc) is 2.53.